The molecule has 0 radical (unpaired) electrons. The van der Waals surface area contributed by atoms with Crippen LogP contribution in [0.25, 0.3) is 0 Å². The monoisotopic (exact) mass is 637 g/mol. The Balaban J connectivity index is 1.60. The van der Waals surface area contributed by atoms with Gasteiger partial charge >= 0.3 is 0 Å². The summed E-state index contributed by atoms with van der Waals surface area (Å²) < 4.78 is 27.0. The molecule has 0 aromatic heterocycles. The quantitative estimate of drug-likeness (QED) is 0.229. The van der Waals surface area contributed by atoms with E-state index in [1.54, 1.807) is 17.0 Å². The van der Waals surface area contributed by atoms with Crippen molar-refractivity contribution < 1.29 is 18.0 Å². The van der Waals surface area contributed by atoms with E-state index < -0.39 is 16.1 Å². The lowest BCUT2D eigenvalue weighted by Crippen LogP contribution is -2.52. The van der Waals surface area contributed by atoms with E-state index in [2.05, 4.69) is 5.32 Å². The molecule has 1 aliphatic rings. The number of halogens is 1. The van der Waals surface area contributed by atoms with Crippen molar-refractivity contribution in [1.82, 2.24) is 10.2 Å². The van der Waals surface area contributed by atoms with Crippen LogP contribution in [0, 0.1) is 13.8 Å². The first-order valence-corrected chi connectivity index (χ1v) is 17.7. The largest absolute Gasteiger partial charge is 0.352 e. The van der Waals surface area contributed by atoms with E-state index in [9.17, 15) is 18.0 Å². The van der Waals surface area contributed by atoms with Crippen LogP contribution in [0.5, 0.6) is 0 Å². The van der Waals surface area contributed by atoms with E-state index >= 15 is 0 Å². The predicted molar refractivity (Wildman–Crippen MR) is 178 cm³/mol. The number of amides is 2. The molecule has 3 aromatic rings. The van der Waals surface area contributed by atoms with Crippen molar-refractivity contribution in [2.75, 3.05) is 17.1 Å². The SMILES string of the molecule is Cc1ccc(C)c(N(CCCC(=O)N(Cc2ccc(Cl)cc2)[C@@H](Cc2ccccc2)C(=O)NC2CCCCC2)S(C)(=O)=O)c1. The Morgan fingerprint density at radius 1 is 0.932 bits per heavy atom. The molecule has 1 saturated carbocycles. The Hall–Kier alpha value is -3.36. The molecule has 1 fully saturated rings. The fourth-order valence-electron chi connectivity index (χ4n) is 5.86. The number of sulfonamides is 1. The molecule has 0 aliphatic heterocycles. The highest BCUT2D eigenvalue weighted by Gasteiger charge is 2.32. The van der Waals surface area contributed by atoms with Crippen LogP contribution >= 0.6 is 11.6 Å². The number of carbonyl (C=O) groups is 2. The second kappa shape index (κ2) is 15.6. The molecule has 1 N–H and O–H groups in total. The molecule has 44 heavy (non-hydrogen) atoms. The second-order valence-corrected chi connectivity index (χ2v) is 14.3. The summed E-state index contributed by atoms with van der Waals surface area (Å²) in [4.78, 5) is 29.7. The van der Waals surface area contributed by atoms with E-state index in [0.29, 0.717) is 23.6 Å². The van der Waals surface area contributed by atoms with Gasteiger partial charge in [-0.15, -0.1) is 0 Å². The first-order chi connectivity index (χ1) is 21.0. The number of nitrogens with one attached hydrogen (secondary N) is 1. The first kappa shape index (κ1) is 33.5. The third-order valence-corrected chi connectivity index (χ3v) is 9.71. The van der Waals surface area contributed by atoms with Gasteiger partial charge in [-0.25, -0.2) is 8.42 Å². The van der Waals surface area contributed by atoms with Gasteiger partial charge in [0.2, 0.25) is 21.8 Å². The minimum atomic E-state index is -3.58. The Labute approximate surface area is 267 Å². The van der Waals surface area contributed by atoms with Gasteiger partial charge in [-0.2, -0.15) is 0 Å². The molecule has 236 valence electrons. The van der Waals surface area contributed by atoms with Crippen molar-refractivity contribution in [3.05, 3.63) is 100 Å². The van der Waals surface area contributed by atoms with Crippen molar-refractivity contribution in [3.63, 3.8) is 0 Å². The summed E-state index contributed by atoms with van der Waals surface area (Å²) in [6.07, 6.45) is 7.17. The average molecular weight is 638 g/mol. The maximum Gasteiger partial charge on any atom is 0.243 e. The predicted octanol–water partition coefficient (Wildman–Crippen LogP) is 6.59. The van der Waals surface area contributed by atoms with Crippen LogP contribution in [-0.4, -0.2) is 50.0 Å². The smallest absolute Gasteiger partial charge is 0.243 e. The summed E-state index contributed by atoms with van der Waals surface area (Å²) in [5.74, 6) is -0.356. The Morgan fingerprint density at radius 2 is 1.61 bits per heavy atom. The number of anilines is 1. The van der Waals surface area contributed by atoms with Gasteiger partial charge in [-0.05, 0) is 73.6 Å². The molecule has 0 heterocycles. The van der Waals surface area contributed by atoms with Gasteiger partial charge in [0.15, 0.2) is 0 Å². The van der Waals surface area contributed by atoms with Crippen LogP contribution in [0.3, 0.4) is 0 Å². The number of hydrogen-bond acceptors (Lipinski definition) is 4. The molecule has 0 saturated heterocycles. The molecule has 7 nitrogen and oxygen atoms in total. The molecule has 3 aromatic carbocycles. The van der Waals surface area contributed by atoms with Crippen LogP contribution in [0.1, 0.15) is 67.2 Å². The number of carbonyl (C=O) groups excluding carboxylic acids is 2. The lowest BCUT2D eigenvalue weighted by Gasteiger charge is -2.34. The van der Waals surface area contributed by atoms with Crippen molar-refractivity contribution in [1.29, 1.82) is 0 Å². The highest BCUT2D eigenvalue weighted by atomic mass is 35.5. The van der Waals surface area contributed by atoms with Gasteiger partial charge in [0.05, 0.1) is 11.9 Å². The summed E-state index contributed by atoms with van der Waals surface area (Å²) in [7, 11) is -3.58. The molecule has 0 spiro atoms. The fourth-order valence-corrected chi connectivity index (χ4v) is 7.00. The summed E-state index contributed by atoms with van der Waals surface area (Å²) in [5.41, 5.74) is 4.24. The van der Waals surface area contributed by atoms with E-state index in [-0.39, 0.29) is 37.4 Å². The zero-order valence-corrected chi connectivity index (χ0v) is 27.5. The van der Waals surface area contributed by atoms with E-state index in [4.69, 9.17) is 11.6 Å². The Kier molecular flexibility index (Phi) is 11.9. The highest BCUT2D eigenvalue weighted by molar-refractivity contribution is 7.92. The third-order valence-electron chi connectivity index (χ3n) is 8.27. The minimum absolute atomic E-state index is 0.0898. The Morgan fingerprint density at radius 3 is 2.27 bits per heavy atom. The van der Waals surface area contributed by atoms with Gasteiger partial charge in [0, 0.05) is 37.0 Å². The molecule has 2 amide bonds. The molecule has 9 heteroatoms. The van der Waals surface area contributed by atoms with E-state index in [1.807, 2.05) is 74.5 Å². The normalized spacial score (nSPS) is 14.5. The molecule has 4 rings (SSSR count). The van der Waals surface area contributed by atoms with Gasteiger partial charge in [0.25, 0.3) is 0 Å². The molecular formula is C35H44ClN3O4S. The topological polar surface area (TPSA) is 86.8 Å². The van der Waals surface area contributed by atoms with Crippen LogP contribution in [-0.2, 0) is 32.6 Å². The standard InChI is InChI=1S/C35H44ClN3O4S/c1-26-16-17-27(2)32(23-26)39(44(3,42)43)22-10-15-34(40)38(25-29-18-20-30(36)21-19-29)33(24-28-11-6-4-7-12-28)35(41)37-31-13-8-5-9-14-31/h4,6-7,11-12,16-21,23,31,33H,5,8-10,13-15,22,24-25H2,1-3H3,(H,37,41)/t33-/m0/s1. The van der Waals surface area contributed by atoms with Gasteiger partial charge < -0.3 is 10.2 Å². The van der Waals surface area contributed by atoms with Crippen LogP contribution in [0.15, 0.2) is 72.8 Å². The van der Waals surface area contributed by atoms with E-state index in [1.165, 1.54) is 17.0 Å². The molecule has 0 unspecified atom stereocenters. The minimum Gasteiger partial charge on any atom is -0.352 e. The summed E-state index contributed by atoms with van der Waals surface area (Å²) >= 11 is 6.15. The molecule has 0 bridgehead atoms. The van der Waals surface area contributed by atoms with Crippen LogP contribution in [0.2, 0.25) is 5.02 Å². The summed E-state index contributed by atoms with van der Waals surface area (Å²) in [6, 6.07) is 22.1. The first-order valence-electron chi connectivity index (χ1n) is 15.4. The number of nitrogens with zero attached hydrogens (tertiary/aromatic N) is 2. The van der Waals surface area contributed by atoms with Crippen LogP contribution in [0.4, 0.5) is 5.69 Å². The van der Waals surface area contributed by atoms with Crippen molar-refractivity contribution in [3.8, 4) is 0 Å². The van der Waals surface area contributed by atoms with Gasteiger partial charge in [-0.1, -0.05) is 85.5 Å². The molecule has 1 atom stereocenters. The van der Waals surface area contributed by atoms with Crippen LogP contribution < -0.4 is 9.62 Å². The average Bonchev–Trinajstić information content (AvgIpc) is 2.99. The van der Waals surface area contributed by atoms with Gasteiger partial charge in [-0.3, -0.25) is 13.9 Å². The summed E-state index contributed by atoms with van der Waals surface area (Å²) in [5, 5.41) is 3.85. The maximum absolute atomic E-state index is 14.1. The fraction of sp³-hybridized carbons (Fsp3) is 0.429. The maximum atomic E-state index is 14.1. The number of rotatable bonds is 13. The Bertz CT molecular complexity index is 1510. The molecular weight excluding hydrogens is 594 g/mol. The molecule has 1 aliphatic carbocycles. The highest BCUT2D eigenvalue weighted by Crippen LogP contribution is 2.25. The van der Waals surface area contributed by atoms with Crippen molar-refractivity contribution in [2.24, 2.45) is 0 Å². The summed E-state index contributed by atoms with van der Waals surface area (Å²) in [6.45, 7) is 4.19. The zero-order chi connectivity index (χ0) is 31.7. The lowest BCUT2D eigenvalue weighted by molar-refractivity contribution is -0.141. The lowest BCUT2D eigenvalue weighted by atomic mass is 9.94. The van der Waals surface area contributed by atoms with Crippen molar-refractivity contribution in [2.45, 2.75) is 83.8 Å². The van der Waals surface area contributed by atoms with E-state index in [0.717, 1.165) is 47.9 Å². The van der Waals surface area contributed by atoms with Crippen molar-refractivity contribution >= 4 is 39.1 Å². The third kappa shape index (κ3) is 9.57. The number of hydrogen-bond donors (Lipinski definition) is 1. The van der Waals surface area contributed by atoms with Gasteiger partial charge in [0.1, 0.15) is 6.04 Å². The number of aryl methyl sites for hydroxylation is 2. The number of benzene rings is 3. The zero-order valence-electron chi connectivity index (χ0n) is 26.0. The second-order valence-electron chi connectivity index (χ2n) is 11.9.